The summed E-state index contributed by atoms with van der Waals surface area (Å²) in [4.78, 5) is 12.9. The average Bonchev–Trinajstić information content (AvgIpc) is 3.34. The van der Waals surface area contributed by atoms with E-state index in [1.54, 1.807) is 43.3 Å². The molecule has 0 saturated heterocycles. The molecule has 3 unspecified atom stereocenters. The zero-order valence-corrected chi connectivity index (χ0v) is 18.2. The van der Waals surface area contributed by atoms with Crippen molar-refractivity contribution in [3.05, 3.63) is 48.0 Å². The first-order valence-corrected chi connectivity index (χ1v) is 12.0. The lowest BCUT2D eigenvalue weighted by Gasteiger charge is -2.21. The van der Waals surface area contributed by atoms with Crippen molar-refractivity contribution in [3.8, 4) is 5.75 Å². The molecule has 2 aromatic rings. The Bertz CT molecular complexity index is 1030. The molecule has 4 rings (SSSR count). The van der Waals surface area contributed by atoms with E-state index in [1.165, 1.54) is 12.5 Å². The van der Waals surface area contributed by atoms with Gasteiger partial charge in [-0.25, -0.2) is 8.42 Å². The predicted octanol–water partition coefficient (Wildman–Crippen LogP) is 4.57. The van der Waals surface area contributed by atoms with Crippen LogP contribution in [0.5, 0.6) is 5.75 Å². The van der Waals surface area contributed by atoms with Gasteiger partial charge in [0.05, 0.1) is 11.5 Å². The van der Waals surface area contributed by atoms with Crippen molar-refractivity contribution in [1.29, 1.82) is 0 Å². The Hall–Kier alpha value is -2.54. The number of benzene rings is 2. The molecule has 2 aromatic carbocycles. The summed E-state index contributed by atoms with van der Waals surface area (Å²) in [5.74, 6) is 1.89. The fraction of sp³-hybridized carbons (Fsp3) is 0.435. The molecule has 3 atom stereocenters. The van der Waals surface area contributed by atoms with Gasteiger partial charge < -0.3 is 10.1 Å². The van der Waals surface area contributed by atoms with Gasteiger partial charge in [0.15, 0.2) is 0 Å². The minimum absolute atomic E-state index is 0.00822. The van der Waals surface area contributed by atoms with Crippen LogP contribution in [0.2, 0.25) is 0 Å². The molecule has 0 spiro atoms. The lowest BCUT2D eigenvalue weighted by atomic mass is 9.88. The number of aryl methyl sites for hydroxylation is 1. The van der Waals surface area contributed by atoms with Crippen molar-refractivity contribution in [1.82, 2.24) is 0 Å². The highest BCUT2D eigenvalue weighted by atomic mass is 32.2. The van der Waals surface area contributed by atoms with E-state index < -0.39 is 10.0 Å². The maximum Gasteiger partial charge on any atom is 0.262 e. The van der Waals surface area contributed by atoms with E-state index >= 15 is 0 Å². The standard InChI is InChI=1S/C23H28N2O4S/c1-3-29-20-10-8-18(9-11-20)25-30(27,28)22-14-19(7-4-15(22)2)24-23(26)21-13-16-5-6-17(21)12-16/h4,7-11,14,16-17,21,25H,3,5-6,12-13H2,1-2H3,(H,24,26). The summed E-state index contributed by atoms with van der Waals surface area (Å²) in [7, 11) is -3.80. The third-order valence-electron chi connectivity index (χ3n) is 6.24. The molecule has 0 radical (unpaired) electrons. The van der Waals surface area contributed by atoms with Gasteiger partial charge in [-0.1, -0.05) is 12.5 Å². The molecule has 7 heteroatoms. The van der Waals surface area contributed by atoms with Crippen LogP contribution in [-0.4, -0.2) is 20.9 Å². The number of ether oxygens (including phenoxy) is 1. The molecular formula is C23H28N2O4S. The Kier molecular flexibility index (Phi) is 5.73. The van der Waals surface area contributed by atoms with Gasteiger partial charge in [0.1, 0.15) is 5.75 Å². The molecule has 2 fully saturated rings. The lowest BCUT2D eigenvalue weighted by Crippen LogP contribution is -2.27. The van der Waals surface area contributed by atoms with Crippen molar-refractivity contribution in [2.75, 3.05) is 16.6 Å². The molecule has 30 heavy (non-hydrogen) atoms. The van der Waals surface area contributed by atoms with Crippen molar-refractivity contribution >= 4 is 27.3 Å². The van der Waals surface area contributed by atoms with Crippen LogP contribution in [0.25, 0.3) is 0 Å². The fourth-order valence-electron chi connectivity index (χ4n) is 4.76. The van der Waals surface area contributed by atoms with Gasteiger partial charge in [-0.05, 0) is 86.9 Å². The Morgan fingerprint density at radius 2 is 1.80 bits per heavy atom. The number of amides is 1. The van der Waals surface area contributed by atoms with Crippen molar-refractivity contribution in [3.63, 3.8) is 0 Å². The zero-order valence-electron chi connectivity index (χ0n) is 17.4. The molecule has 0 aromatic heterocycles. The van der Waals surface area contributed by atoms with E-state index in [0.29, 0.717) is 41.1 Å². The quantitative estimate of drug-likeness (QED) is 0.677. The molecule has 2 saturated carbocycles. The van der Waals surface area contributed by atoms with Crippen LogP contribution in [0.3, 0.4) is 0 Å². The number of carbonyl (C=O) groups excluding carboxylic acids is 1. The predicted molar refractivity (Wildman–Crippen MR) is 117 cm³/mol. The van der Waals surface area contributed by atoms with E-state index in [1.807, 2.05) is 6.92 Å². The minimum Gasteiger partial charge on any atom is -0.494 e. The Morgan fingerprint density at radius 1 is 1.07 bits per heavy atom. The summed E-state index contributed by atoms with van der Waals surface area (Å²) < 4.78 is 33.9. The second-order valence-corrected chi connectivity index (χ2v) is 9.96. The van der Waals surface area contributed by atoms with Gasteiger partial charge in [0.25, 0.3) is 10.0 Å². The smallest absolute Gasteiger partial charge is 0.262 e. The molecule has 0 aliphatic heterocycles. The van der Waals surface area contributed by atoms with Crippen LogP contribution in [0.4, 0.5) is 11.4 Å². The number of anilines is 2. The van der Waals surface area contributed by atoms with E-state index in [-0.39, 0.29) is 16.7 Å². The van der Waals surface area contributed by atoms with Crippen molar-refractivity contribution < 1.29 is 17.9 Å². The number of fused-ring (bicyclic) bond motifs is 2. The first-order chi connectivity index (χ1) is 14.4. The summed E-state index contributed by atoms with van der Waals surface area (Å²) in [5, 5.41) is 2.95. The number of rotatable bonds is 7. The number of sulfonamides is 1. The average molecular weight is 429 g/mol. The van der Waals surface area contributed by atoms with Gasteiger partial charge in [0.2, 0.25) is 5.91 Å². The molecule has 2 aliphatic rings. The third-order valence-corrected chi connectivity index (χ3v) is 7.76. The Labute approximate surface area is 178 Å². The second kappa shape index (κ2) is 8.30. The monoisotopic (exact) mass is 428 g/mol. The van der Waals surface area contributed by atoms with Crippen LogP contribution in [0.15, 0.2) is 47.4 Å². The van der Waals surface area contributed by atoms with E-state index in [9.17, 15) is 13.2 Å². The highest BCUT2D eigenvalue weighted by molar-refractivity contribution is 7.92. The summed E-state index contributed by atoms with van der Waals surface area (Å²) in [6, 6.07) is 11.8. The van der Waals surface area contributed by atoms with Gasteiger partial charge in [0, 0.05) is 17.3 Å². The zero-order chi connectivity index (χ0) is 21.3. The van der Waals surface area contributed by atoms with Crippen LogP contribution in [0.1, 0.15) is 38.2 Å². The van der Waals surface area contributed by atoms with Crippen LogP contribution in [0, 0.1) is 24.7 Å². The van der Waals surface area contributed by atoms with Crippen molar-refractivity contribution in [2.45, 2.75) is 44.4 Å². The Morgan fingerprint density at radius 3 is 2.43 bits per heavy atom. The maximum absolute atomic E-state index is 13.0. The normalized spacial score (nSPS) is 22.7. The van der Waals surface area contributed by atoms with Crippen LogP contribution >= 0.6 is 0 Å². The van der Waals surface area contributed by atoms with Gasteiger partial charge in [-0.3, -0.25) is 9.52 Å². The SMILES string of the molecule is CCOc1ccc(NS(=O)(=O)c2cc(NC(=O)C3CC4CCC3C4)ccc2C)cc1. The molecule has 1 amide bonds. The molecule has 2 N–H and O–H groups in total. The topological polar surface area (TPSA) is 84.5 Å². The second-order valence-electron chi connectivity index (χ2n) is 8.31. The van der Waals surface area contributed by atoms with Gasteiger partial charge in [-0.2, -0.15) is 0 Å². The number of hydrogen-bond donors (Lipinski definition) is 2. The number of carbonyl (C=O) groups is 1. The molecule has 160 valence electrons. The van der Waals surface area contributed by atoms with E-state index in [4.69, 9.17) is 4.74 Å². The molecule has 2 bridgehead atoms. The largest absolute Gasteiger partial charge is 0.494 e. The molecule has 2 aliphatic carbocycles. The van der Waals surface area contributed by atoms with Gasteiger partial charge >= 0.3 is 0 Å². The third kappa shape index (κ3) is 4.31. The van der Waals surface area contributed by atoms with Crippen LogP contribution in [-0.2, 0) is 14.8 Å². The van der Waals surface area contributed by atoms with E-state index in [0.717, 1.165) is 19.3 Å². The minimum atomic E-state index is -3.80. The summed E-state index contributed by atoms with van der Waals surface area (Å²) >= 11 is 0. The van der Waals surface area contributed by atoms with Crippen molar-refractivity contribution in [2.24, 2.45) is 17.8 Å². The molecular weight excluding hydrogens is 400 g/mol. The molecule has 0 heterocycles. The number of hydrogen-bond acceptors (Lipinski definition) is 4. The Balaban J connectivity index is 1.49. The first-order valence-electron chi connectivity index (χ1n) is 10.5. The molecule has 6 nitrogen and oxygen atoms in total. The van der Waals surface area contributed by atoms with Crippen LogP contribution < -0.4 is 14.8 Å². The van der Waals surface area contributed by atoms with Gasteiger partial charge in [-0.15, -0.1) is 0 Å². The number of nitrogens with one attached hydrogen (secondary N) is 2. The fourth-order valence-corrected chi connectivity index (χ4v) is 6.09. The summed E-state index contributed by atoms with van der Waals surface area (Å²) in [6.07, 6.45) is 4.46. The lowest BCUT2D eigenvalue weighted by molar-refractivity contribution is -0.121. The highest BCUT2D eigenvalue weighted by Gasteiger charge is 2.43. The summed E-state index contributed by atoms with van der Waals surface area (Å²) in [5.41, 5.74) is 1.58. The maximum atomic E-state index is 13.0. The highest BCUT2D eigenvalue weighted by Crippen LogP contribution is 2.48. The summed E-state index contributed by atoms with van der Waals surface area (Å²) in [6.45, 7) is 4.18. The first kappa shape index (κ1) is 20.7. The van der Waals surface area contributed by atoms with E-state index in [2.05, 4.69) is 10.0 Å².